The van der Waals surface area contributed by atoms with Crippen LogP contribution in [0.25, 0.3) is 0 Å². The molecule has 0 saturated carbocycles. The average Bonchev–Trinajstić information content (AvgIpc) is 2.92. The molecule has 6 heteroatoms. The van der Waals surface area contributed by atoms with Gasteiger partial charge in [-0.05, 0) is 19.8 Å². The molecule has 1 aliphatic rings. The standard InChI is InChI=1S/C12H19N5O/c1-3-4-9-18-12-15-10(13-2)14-11(16-12)17-7-5-6-8-17/h3-4H,5-9H2,1-2H3,(H,13,14,15,16)/b4-3+. The van der Waals surface area contributed by atoms with Gasteiger partial charge in [-0.15, -0.1) is 0 Å². The summed E-state index contributed by atoms with van der Waals surface area (Å²) in [6.45, 7) is 4.43. The van der Waals surface area contributed by atoms with Crippen molar-refractivity contribution in [2.45, 2.75) is 19.8 Å². The Morgan fingerprint density at radius 3 is 2.72 bits per heavy atom. The molecular formula is C12H19N5O. The highest BCUT2D eigenvalue weighted by atomic mass is 16.5. The summed E-state index contributed by atoms with van der Waals surface area (Å²) < 4.78 is 5.47. The molecule has 6 nitrogen and oxygen atoms in total. The summed E-state index contributed by atoms with van der Waals surface area (Å²) in [4.78, 5) is 15.0. The molecule has 0 atom stereocenters. The Kier molecular flexibility index (Phi) is 4.33. The number of rotatable bonds is 5. The van der Waals surface area contributed by atoms with Gasteiger partial charge in [0, 0.05) is 20.1 Å². The second kappa shape index (κ2) is 6.18. The zero-order chi connectivity index (χ0) is 12.8. The summed E-state index contributed by atoms with van der Waals surface area (Å²) in [6, 6.07) is 0.370. The first-order valence-corrected chi connectivity index (χ1v) is 6.26. The number of aromatic nitrogens is 3. The first-order valence-electron chi connectivity index (χ1n) is 6.26. The fourth-order valence-corrected chi connectivity index (χ4v) is 1.80. The van der Waals surface area contributed by atoms with Gasteiger partial charge in [0.2, 0.25) is 11.9 Å². The molecule has 0 bridgehead atoms. The van der Waals surface area contributed by atoms with Crippen molar-refractivity contribution in [3.8, 4) is 6.01 Å². The van der Waals surface area contributed by atoms with E-state index in [1.807, 2.05) is 19.1 Å². The SMILES string of the molecule is C/C=C/COc1nc(NC)nc(N2CCCC2)n1. The van der Waals surface area contributed by atoms with Gasteiger partial charge in [0.05, 0.1) is 0 Å². The molecule has 98 valence electrons. The van der Waals surface area contributed by atoms with Crippen LogP contribution in [0.2, 0.25) is 0 Å². The van der Waals surface area contributed by atoms with E-state index in [0.29, 0.717) is 24.5 Å². The topological polar surface area (TPSA) is 63.2 Å². The van der Waals surface area contributed by atoms with Crippen molar-refractivity contribution in [1.29, 1.82) is 0 Å². The predicted molar refractivity (Wildman–Crippen MR) is 71.1 cm³/mol. The lowest BCUT2D eigenvalue weighted by Crippen LogP contribution is -2.21. The molecule has 2 rings (SSSR count). The minimum absolute atomic E-state index is 0.370. The molecule has 2 heterocycles. The predicted octanol–water partition coefficient (Wildman–Crippen LogP) is 1.47. The van der Waals surface area contributed by atoms with Crippen LogP contribution >= 0.6 is 0 Å². The zero-order valence-electron chi connectivity index (χ0n) is 10.9. The van der Waals surface area contributed by atoms with E-state index < -0.39 is 0 Å². The first kappa shape index (κ1) is 12.6. The van der Waals surface area contributed by atoms with Crippen LogP contribution in [0.1, 0.15) is 19.8 Å². The quantitative estimate of drug-likeness (QED) is 0.797. The molecule has 0 aromatic carbocycles. The maximum absolute atomic E-state index is 5.47. The molecule has 18 heavy (non-hydrogen) atoms. The normalized spacial score (nSPS) is 15.3. The average molecular weight is 249 g/mol. The van der Waals surface area contributed by atoms with E-state index >= 15 is 0 Å². The van der Waals surface area contributed by atoms with Crippen molar-refractivity contribution in [1.82, 2.24) is 15.0 Å². The monoisotopic (exact) mass is 249 g/mol. The van der Waals surface area contributed by atoms with Gasteiger partial charge in [-0.3, -0.25) is 0 Å². The summed E-state index contributed by atoms with van der Waals surface area (Å²) in [5.41, 5.74) is 0. The lowest BCUT2D eigenvalue weighted by molar-refractivity contribution is 0.332. The smallest absolute Gasteiger partial charge is 0.323 e. The van der Waals surface area contributed by atoms with Crippen molar-refractivity contribution in [3.05, 3.63) is 12.2 Å². The molecule has 0 radical (unpaired) electrons. The van der Waals surface area contributed by atoms with Crippen LogP contribution in [0.15, 0.2) is 12.2 Å². The van der Waals surface area contributed by atoms with Gasteiger partial charge in [-0.25, -0.2) is 0 Å². The van der Waals surface area contributed by atoms with E-state index in [2.05, 4.69) is 25.2 Å². The van der Waals surface area contributed by atoms with Crippen molar-refractivity contribution >= 4 is 11.9 Å². The lowest BCUT2D eigenvalue weighted by Gasteiger charge is -2.16. The molecule has 1 saturated heterocycles. The van der Waals surface area contributed by atoms with Crippen LogP contribution in [0.4, 0.5) is 11.9 Å². The summed E-state index contributed by atoms with van der Waals surface area (Å²) in [5, 5.41) is 2.93. The zero-order valence-corrected chi connectivity index (χ0v) is 10.9. The number of ether oxygens (including phenoxy) is 1. The highest BCUT2D eigenvalue weighted by Gasteiger charge is 2.17. The van der Waals surface area contributed by atoms with Crippen molar-refractivity contribution in [2.24, 2.45) is 0 Å². The molecule has 1 aromatic rings. The van der Waals surface area contributed by atoms with Crippen LogP contribution in [0, 0.1) is 0 Å². The molecule has 1 N–H and O–H groups in total. The van der Waals surface area contributed by atoms with E-state index in [-0.39, 0.29) is 0 Å². The van der Waals surface area contributed by atoms with Gasteiger partial charge >= 0.3 is 6.01 Å². The minimum atomic E-state index is 0.370. The molecule has 1 aromatic heterocycles. The molecule has 1 fully saturated rings. The third kappa shape index (κ3) is 3.09. The summed E-state index contributed by atoms with van der Waals surface area (Å²) in [7, 11) is 1.79. The highest BCUT2D eigenvalue weighted by Crippen LogP contribution is 2.19. The Bertz CT molecular complexity index is 415. The Morgan fingerprint density at radius 2 is 2.06 bits per heavy atom. The number of hydrogen-bond acceptors (Lipinski definition) is 6. The van der Waals surface area contributed by atoms with Crippen molar-refractivity contribution in [2.75, 3.05) is 37.0 Å². The third-order valence-electron chi connectivity index (χ3n) is 2.76. The Hall–Kier alpha value is -1.85. The van der Waals surface area contributed by atoms with Crippen LogP contribution in [-0.2, 0) is 0 Å². The van der Waals surface area contributed by atoms with Gasteiger partial charge in [0.1, 0.15) is 6.61 Å². The number of anilines is 2. The van der Waals surface area contributed by atoms with E-state index in [0.717, 1.165) is 13.1 Å². The number of nitrogens with one attached hydrogen (secondary N) is 1. The second-order valence-electron chi connectivity index (χ2n) is 4.07. The number of allylic oxidation sites excluding steroid dienone is 1. The van der Waals surface area contributed by atoms with Crippen molar-refractivity contribution in [3.63, 3.8) is 0 Å². The number of nitrogens with zero attached hydrogens (tertiary/aromatic N) is 4. The second-order valence-corrected chi connectivity index (χ2v) is 4.07. The molecule has 0 unspecified atom stereocenters. The lowest BCUT2D eigenvalue weighted by atomic mass is 10.4. The van der Waals surface area contributed by atoms with Crippen molar-refractivity contribution < 1.29 is 4.74 Å². The molecule has 0 spiro atoms. The first-order chi connectivity index (χ1) is 8.83. The Morgan fingerprint density at radius 1 is 1.28 bits per heavy atom. The highest BCUT2D eigenvalue weighted by molar-refractivity contribution is 5.38. The van der Waals surface area contributed by atoms with Crippen LogP contribution in [-0.4, -0.2) is 41.7 Å². The summed E-state index contributed by atoms with van der Waals surface area (Å²) in [5.74, 6) is 1.24. The Balaban J connectivity index is 2.15. The molecular weight excluding hydrogens is 230 g/mol. The van der Waals surface area contributed by atoms with Gasteiger partial charge < -0.3 is 15.0 Å². The maximum atomic E-state index is 5.47. The van der Waals surface area contributed by atoms with E-state index in [1.165, 1.54) is 12.8 Å². The largest absolute Gasteiger partial charge is 0.459 e. The van der Waals surface area contributed by atoms with Gasteiger partial charge in [0.25, 0.3) is 0 Å². The summed E-state index contributed by atoms with van der Waals surface area (Å²) >= 11 is 0. The summed E-state index contributed by atoms with van der Waals surface area (Å²) in [6.07, 6.45) is 6.23. The Labute approximate surface area is 107 Å². The van der Waals surface area contributed by atoms with Crippen LogP contribution in [0.3, 0.4) is 0 Å². The van der Waals surface area contributed by atoms with Gasteiger partial charge in [-0.2, -0.15) is 15.0 Å². The van der Waals surface area contributed by atoms with Crippen LogP contribution in [0.5, 0.6) is 6.01 Å². The third-order valence-corrected chi connectivity index (χ3v) is 2.76. The fraction of sp³-hybridized carbons (Fsp3) is 0.583. The number of hydrogen-bond donors (Lipinski definition) is 1. The minimum Gasteiger partial charge on any atom is -0.459 e. The van der Waals surface area contributed by atoms with Gasteiger partial charge in [-0.1, -0.05) is 12.2 Å². The maximum Gasteiger partial charge on any atom is 0.323 e. The van der Waals surface area contributed by atoms with E-state index in [4.69, 9.17) is 4.74 Å². The van der Waals surface area contributed by atoms with E-state index in [1.54, 1.807) is 7.05 Å². The molecule has 0 amide bonds. The van der Waals surface area contributed by atoms with Gasteiger partial charge in [0.15, 0.2) is 0 Å². The van der Waals surface area contributed by atoms with Crippen LogP contribution < -0.4 is 15.0 Å². The fourth-order valence-electron chi connectivity index (χ4n) is 1.80. The molecule has 1 aliphatic heterocycles. The van der Waals surface area contributed by atoms with E-state index in [9.17, 15) is 0 Å². The molecule has 0 aliphatic carbocycles.